The summed E-state index contributed by atoms with van der Waals surface area (Å²) in [5.41, 5.74) is 2.09. The number of methoxy groups -OCH3 is 1. The van der Waals surface area contributed by atoms with E-state index in [2.05, 4.69) is 12.1 Å². The number of nitrogens with zero attached hydrogens (tertiary/aromatic N) is 1. The van der Waals surface area contributed by atoms with Crippen molar-refractivity contribution in [3.63, 3.8) is 0 Å². The second-order valence-electron chi connectivity index (χ2n) is 9.42. The number of amides is 2. The third-order valence-corrected chi connectivity index (χ3v) is 7.28. The zero-order valence-corrected chi connectivity index (χ0v) is 20.5. The molecular weight excluding hydrogens is 470 g/mol. The SMILES string of the molecule is COc1ccc(C(=O)COC(=O)c2cccc(N3C(=O)[C@@H]4CC[C@H](c5ccccc5)C[C@H]4C3=O)c2)cc1. The number of anilines is 1. The molecule has 7 heteroatoms. The summed E-state index contributed by atoms with van der Waals surface area (Å²) in [6.07, 6.45) is 2.14. The highest BCUT2D eigenvalue weighted by Crippen LogP contribution is 2.45. The molecule has 0 bridgehead atoms. The maximum atomic E-state index is 13.4. The van der Waals surface area contributed by atoms with Crippen LogP contribution in [-0.4, -0.2) is 37.3 Å². The number of benzene rings is 3. The molecule has 188 valence electrons. The van der Waals surface area contributed by atoms with Gasteiger partial charge in [0.2, 0.25) is 11.8 Å². The Morgan fingerprint density at radius 2 is 1.57 bits per heavy atom. The molecule has 2 fully saturated rings. The molecule has 1 heterocycles. The van der Waals surface area contributed by atoms with Gasteiger partial charge in [-0.15, -0.1) is 0 Å². The van der Waals surface area contributed by atoms with Crippen LogP contribution in [0.15, 0.2) is 78.9 Å². The lowest BCUT2D eigenvalue weighted by Crippen LogP contribution is -2.31. The van der Waals surface area contributed by atoms with Crippen LogP contribution in [-0.2, 0) is 14.3 Å². The second kappa shape index (κ2) is 10.4. The fourth-order valence-corrected chi connectivity index (χ4v) is 5.31. The van der Waals surface area contributed by atoms with E-state index in [-0.39, 0.29) is 40.9 Å². The molecule has 2 amide bonds. The average Bonchev–Trinajstić information content (AvgIpc) is 3.20. The predicted molar refractivity (Wildman–Crippen MR) is 137 cm³/mol. The molecule has 7 nitrogen and oxygen atoms in total. The topological polar surface area (TPSA) is 90.0 Å². The van der Waals surface area contributed by atoms with Gasteiger partial charge in [0.15, 0.2) is 12.4 Å². The normalized spacial score (nSPS) is 20.9. The van der Waals surface area contributed by atoms with Gasteiger partial charge < -0.3 is 9.47 Å². The number of carbonyl (C=O) groups excluding carboxylic acids is 4. The number of hydrogen-bond donors (Lipinski definition) is 0. The Balaban J connectivity index is 1.26. The van der Waals surface area contributed by atoms with E-state index in [9.17, 15) is 19.2 Å². The van der Waals surface area contributed by atoms with Crippen molar-refractivity contribution in [2.45, 2.75) is 25.2 Å². The highest BCUT2D eigenvalue weighted by atomic mass is 16.5. The van der Waals surface area contributed by atoms with Gasteiger partial charge in [-0.2, -0.15) is 0 Å². The summed E-state index contributed by atoms with van der Waals surface area (Å²) >= 11 is 0. The molecule has 0 radical (unpaired) electrons. The first-order valence-electron chi connectivity index (χ1n) is 12.3. The molecule has 37 heavy (non-hydrogen) atoms. The van der Waals surface area contributed by atoms with Crippen LogP contribution >= 0.6 is 0 Å². The summed E-state index contributed by atoms with van der Waals surface area (Å²) in [6, 6.07) is 22.8. The largest absolute Gasteiger partial charge is 0.497 e. The van der Waals surface area contributed by atoms with E-state index < -0.39 is 12.6 Å². The average molecular weight is 498 g/mol. The second-order valence-corrected chi connectivity index (χ2v) is 9.42. The highest BCUT2D eigenvalue weighted by molar-refractivity contribution is 6.22. The van der Waals surface area contributed by atoms with Crippen LogP contribution in [0.2, 0.25) is 0 Å². The third kappa shape index (κ3) is 4.89. The molecule has 1 aliphatic carbocycles. The van der Waals surface area contributed by atoms with Crippen LogP contribution in [0.3, 0.4) is 0 Å². The van der Waals surface area contributed by atoms with Gasteiger partial charge in [0, 0.05) is 5.56 Å². The van der Waals surface area contributed by atoms with Crippen LogP contribution in [0, 0.1) is 11.8 Å². The Hall–Kier alpha value is -4.26. The van der Waals surface area contributed by atoms with E-state index in [4.69, 9.17) is 9.47 Å². The summed E-state index contributed by atoms with van der Waals surface area (Å²) in [5.74, 6) is -1.36. The van der Waals surface area contributed by atoms with Crippen LogP contribution in [0.5, 0.6) is 5.75 Å². The lowest BCUT2D eigenvalue weighted by molar-refractivity contribution is -0.122. The van der Waals surface area contributed by atoms with Crippen LogP contribution < -0.4 is 9.64 Å². The quantitative estimate of drug-likeness (QED) is 0.264. The minimum Gasteiger partial charge on any atom is -0.497 e. The van der Waals surface area contributed by atoms with E-state index in [0.29, 0.717) is 29.8 Å². The molecule has 0 aromatic heterocycles. The first-order chi connectivity index (χ1) is 18.0. The molecule has 3 aromatic rings. The van der Waals surface area contributed by atoms with Gasteiger partial charge in [-0.1, -0.05) is 36.4 Å². The Morgan fingerprint density at radius 1 is 0.838 bits per heavy atom. The van der Waals surface area contributed by atoms with Gasteiger partial charge in [-0.05, 0) is 73.2 Å². The lowest BCUT2D eigenvalue weighted by Gasteiger charge is -2.28. The Bertz CT molecular complexity index is 1330. The van der Waals surface area contributed by atoms with Crippen molar-refractivity contribution in [3.05, 3.63) is 95.6 Å². The molecule has 0 spiro atoms. The maximum Gasteiger partial charge on any atom is 0.338 e. The first kappa shape index (κ1) is 24.4. The molecule has 0 N–H and O–H groups in total. The monoisotopic (exact) mass is 497 g/mol. The van der Waals surface area contributed by atoms with E-state index in [1.54, 1.807) is 36.4 Å². The number of esters is 1. The van der Waals surface area contributed by atoms with Crippen LogP contribution in [0.4, 0.5) is 5.69 Å². The molecule has 5 rings (SSSR count). The van der Waals surface area contributed by atoms with E-state index in [1.165, 1.54) is 29.7 Å². The Kier molecular flexibility index (Phi) is 6.86. The number of ketones is 1. The molecule has 1 saturated heterocycles. The summed E-state index contributed by atoms with van der Waals surface area (Å²) < 4.78 is 10.3. The number of fused-ring (bicyclic) bond motifs is 1. The first-order valence-corrected chi connectivity index (χ1v) is 12.3. The number of ether oxygens (including phenoxy) is 2. The van der Waals surface area contributed by atoms with Crippen LogP contribution in [0.1, 0.15) is 51.5 Å². The molecular formula is C30H27NO6. The van der Waals surface area contributed by atoms with E-state index in [1.807, 2.05) is 18.2 Å². The van der Waals surface area contributed by atoms with Gasteiger partial charge in [-0.25, -0.2) is 4.79 Å². The number of imide groups is 1. The van der Waals surface area contributed by atoms with Crippen molar-refractivity contribution < 1.29 is 28.7 Å². The fraction of sp³-hybridized carbons (Fsp3) is 0.267. The van der Waals surface area contributed by atoms with Crippen molar-refractivity contribution >= 4 is 29.3 Å². The van der Waals surface area contributed by atoms with Crippen molar-refractivity contribution in [3.8, 4) is 5.75 Å². The fourth-order valence-electron chi connectivity index (χ4n) is 5.31. The van der Waals surface area contributed by atoms with E-state index in [0.717, 1.165) is 6.42 Å². The molecule has 0 unspecified atom stereocenters. The Labute approximate surface area is 215 Å². The van der Waals surface area contributed by atoms with Crippen molar-refractivity contribution in [1.82, 2.24) is 0 Å². The van der Waals surface area contributed by atoms with Crippen LogP contribution in [0.25, 0.3) is 0 Å². The number of hydrogen-bond acceptors (Lipinski definition) is 6. The zero-order valence-electron chi connectivity index (χ0n) is 20.5. The number of rotatable bonds is 7. The van der Waals surface area contributed by atoms with Gasteiger partial charge >= 0.3 is 5.97 Å². The number of Topliss-reactive ketones (excluding diaryl/α,β-unsaturated/α-hetero) is 1. The van der Waals surface area contributed by atoms with Crippen molar-refractivity contribution in [1.29, 1.82) is 0 Å². The lowest BCUT2D eigenvalue weighted by atomic mass is 9.73. The maximum absolute atomic E-state index is 13.4. The van der Waals surface area contributed by atoms with Gasteiger partial charge in [-0.3, -0.25) is 19.3 Å². The third-order valence-electron chi connectivity index (χ3n) is 7.28. The molecule has 1 saturated carbocycles. The summed E-state index contributed by atoms with van der Waals surface area (Å²) in [6.45, 7) is -0.429. The standard InChI is InChI=1S/C30H27NO6/c1-36-24-13-10-20(11-14-24)27(32)18-37-30(35)22-8-5-9-23(16-22)31-28(33)25-15-12-21(17-26(25)29(31)34)19-6-3-2-4-7-19/h2-11,13-14,16,21,25-26H,12,15,17-18H2,1H3/t21-,25+,26+/m0/s1. The smallest absolute Gasteiger partial charge is 0.338 e. The predicted octanol–water partition coefficient (Wildman–Crippen LogP) is 4.81. The zero-order chi connectivity index (χ0) is 25.9. The van der Waals surface area contributed by atoms with E-state index >= 15 is 0 Å². The minimum absolute atomic E-state index is 0.165. The molecule has 1 aliphatic heterocycles. The van der Waals surface area contributed by atoms with Crippen molar-refractivity contribution in [2.75, 3.05) is 18.6 Å². The van der Waals surface area contributed by atoms with Crippen molar-refractivity contribution in [2.24, 2.45) is 11.8 Å². The van der Waals surface area contributed by atoms with Gasteiger partial charge in [0.25, 0.3) is 0 Å². The highest BCUT2D eigenvalue weighted by Gasteiger charge is 2.50. The summed E-state index contributed by atoms with van der Waals surface area (Å²) in [7, 11) is 1.53. The molecule has 3 atom stereocenters. The van der Waals surface area contributed by atoms with Gasteiger partial charge in [0.1, 0.15) is 5.75 Å². The summed E-state index contributed by atoms with van der Waals surface area (Å²) in [4.78, 5) is 52.9. The molecule has 2 aliphatic rings. The molecule has 3 aromatic carbocycles. The Morgan fingerprint density at radius 3 is 2.30 bits per heavy atom. The minimum atomic E-state index is -0.704. The van der Waals surface area contributed by atoms with Gasteiger partial charge in [0.05, 0.1) is 30.2 Å². The number of carbonyl (C=O) groups is 4. The summed E-state index contributed by atoms with van der Waals surface area (Å²) in [5, 5.41) is 0.